The number of rotatable bonds is 6. The minimum Gasteiger partial charge on any atom is -0.361 e. The van der Waals surface area contributed by atoms with Crippen LogP contribution in [-0.2, 0) is 4.53 Å². The molecule has 0 bridgehead atoms. The number of H-pyrrole nitrogens is 1. The highest BCUT2D eigenvalue weighted by atomic mass is 28.4. The molecule has 1 unspecified atom stereocenters. The Morgan fingerprint density at radius 3 is 2.68 bits per heavy atom. The van der Waals surface area contributed by atoms with Gasteiger partial charge in [-0.2, -0.15) is 0 Å². The van der Waals surface area contributed by atoms with Crippen LogP contribution in [-0.4, -0.2) is 13.3 Å². The number of benzene rings is 1. The summed E-state index contributed by atoms with van der Waals surface area (Å²) in [5.74, 6) is 0. The Morgan fingerprint density at radius 2 is 2.00 bits per heavy atom. The average molecular weight is 276 g/mol. The van der Waals surface area contributed by atoms with E-state index < -0.39 is 8.32 Å². The van der Waals surface area contributed by atoms with Crippen molar-refractivity contribution in [3.63, 3.8) is 0 Å². The molecule has 0 saturated carbocycles. The zero-order valence-electron chi connectivity index (χ0n) is 12.3. The molecule has 3 nitrogen and oxygen atoms in total. The molecule has 0 aliphatic heterocycles. The molecule has 104 valence electrons. The lowest BCUT2D eigenvalue weighted by Crippen LogP contribution is -2.35. The van der Waals surface area contributed by atoms with E-state index in [4.69, 9.17) is 4.53 Å². The van der Waals surface area contributed by atoms with Crippen LogP contribution in [0.1, 0.15) is 31.4 Å². The van der Waals surface area contributed by atoms with Gasteiger partial charge in [-0.3, -0.25) is 0 Å². The lowest BCUT2D eigenvalue weighted by Gasteiger charge is -2.24. The lowest BCUT2D eigenvalue weighted by atomic mass is 10.0. The van der Waals surface area contributed by atoms with Gasteiger partial charge in [0.15, 0.2) is 0 Å². The van der Waals surface area contributed by atoms with E-state index in [9.17, 15) is 0 Å². The van der Waals surface area contributed by atoms with Crippen LogP contribution in [0.3, 0.4) is 0 Å². The van der Waals surface area contributed by atoms with E-state index in [1.807, 2.05) is 0 Å². The van der Waals surface area contributed by atoms with E-state index in [0.717, 1.165) is 12.8 Å². The molecule has 2 rings (SSSR count). The highest BCUT2D eigenvalue weighted by molar-refractivity contribution is 6.69. The molecule has 0 amide bonds. The SMILES string of the molecule is CCCC(NO[Si](C)(C)C)c1c[nH]c2ccccc12. The Balaban J connectivity index is 2.23. The van der Waals surface area contributed by atoms with Crippen LogP contribution in [0.2, 0.25) is 19.6 Å². The first-order valence-electron chi connectivity index (χ1n) is 7.01. The van der Waals surface area contributed by atoms with Gasteiger partial charge in [-0.05, 0) is 37.7 Å². The third-order valence-electron chi connectivity index (χ3n) is 3.08. The Kier molecular flexibility index (Phi) is 4.45. The first-order valence-corrected chi connectivity index (χ1v) is 10.4. The predicted octanol–water partition coefficient (Wildman–Crippen LogP) is 4.37. The number of nitrogens with one attached hydrogen (secondary N) is 2. The van der Waals surface area contributed by atoms with E-state index in [1.165, 1.54) is 16.5 Å². The minimum absolute atomic E-state index is 0.257. The van der Waals surface area contributed by atoms with E-state index >= 15 is 0 Å². The summed E-state index contributed by atoms with van der Waals surface area (Å²) in [6.07, 6.45) is 4.31. The molecule has 1 aromatic carbocycles. The maximum atomic E-state index is 5.89. The van der Waals surface area contributed by atoms with Crippen LogP contribution in [0.4, 0.5) is 0 Å². The second-order valence-electron chi connectivity index (χ2n) is 5.96. The maximum absolute atomic E-state index is 5.89. The first kappa shape index (κ1) is 14.3. The molecule has 1 aromatic heterocycles. The first-order chi connectivity index (χ1) is 9.01. The number of para-hydroxylation sites is 1. The normalized spacial score (nSPS) is 13.9. The van der Waals surface area contributed by atoms with Crippen molar-refractivity contribution in [3.05, 3.63) is 36.0 Å². The van der Waals surface area contributed by atoms with E-state index in [2.05, 4.69) is 67.5 Å². The van der Waals surface area contributed by atoms with Gasteiger partial charge < -0.3 is 9.51 Å². The third-order valence-corrected chi connectivity index (χ3v) is 3.81. The van der Waals surface area contributed by atoms with Crippen molar-refractivity contribution >= 4 is 19.2 Å². The van der Waals surface area contributed by atoms with Crippen LogP contribution < -0.4 is 5.48 Å². The van der Waals surface area contributed by atoms with Crippen molar-refractivity contribution in [2.24, 2.45) is 0 Å². The molecular weight excluding hydrogens is 252 g/mol. The van der Waals surface area contributed by atoms with Gasteiger partial charge in [0, 0.05) is 17.1 Å². The van der Waals surface area contributed by atoms with Crippen LogP contribution in [0.25, 0.3) is 10.9 Å². The van der Waals surface area contributed by atoms with Crippen molar-refractivity contribution in [2.45, 2.75) is 45.4 Å². The van der Waals surface area contributed by atoms with Crippen LogP contribution >= 0.6 is 0 Å². The standard InChI is InChI=1S/C15H24N2OSi/c1-5-8-15(17-18-19(2,3)4)13-11-16-14-10-7-6-9-12(13)14/h6-7,9-11,15-17H,5,8H2,1-4H3. The lowest BCUT2D eigenvalue weighted by molar-refractivity contribution is 0.142. The molecule has 2 aromatic rings. The van der Waals surface area contributed by atoms with Gasteiger partial charge in [0.2, 0.25) is 8.32 Å². The van der Waals surface area contributed by atoms with Crippen LogP contribution in [0.15, 0.2) is 30.5 Å². The van der Waals surface area contributed by atoms with Crippen molar-refractivity contribution < 1.29 is 4.53 Å². The summed E-state index contributed by atoms with van der Waals surface area (Å²) in [4.78, 5) is 3.34. The summed E-state index contributed by atoms with van der Waals surface area (Å²) in [6.45, 7) is 8.78. The molecule has 0 saturated heterocycles. The van der Waals surface area contributed by atoms with Crippen molar-refractivity contribution in [1.29, 1.82) is 0 Å². The van der Waals surface area contributed by atoms with Crippen LogP contribution in [0, 0.1) is 0 Å². The summed E-state index contributed by atoms with van der Waals surface area (Å²) in [7, 11) is -1.55. The molecule has 19 heavy (non-hydrogen) atoms. The Bertz CT molecular complexity index is 530. The molecule has 1 atom stereocenters. The van der Waals surface area contributed by atoms with Gasteiger partial charge in [0.05, 0.1) is 6.04 Å². The second-order valence-corrected chi connectivity index (χ2v) is 10.4. The van der Waals surface area contributed by atoms with E-state index in [1.54, 1.807) is 0 Å². The van der Waals surface area contributed by atoms with Gasteiger partial charge in [0.25, 0.3) is 0 Å². The average Bonchev–Trinajstić information content (AvgIpc) is 2.77. The molecule has 1 heterocycles. The van der Waals surface area contributed by atoms with Gasteiger partial charge in [-0.1, -0.05) is 31.5 Å². The molecule has 0 aliphatic rings. The monoisotopic (exact) mass is 276 g/mol. The Morgan fingerprint density at radius 1 is 1.26 bits per heavy atom. The Hall–Kier alpha value is -1.10. The highest BCUT2D eigenvalue weighted by Gasteiger charge is 2.20. The fourth-order valence-electron chi connectivity index (χ4n) is 2.20. The van der Waals surface area contributed by atoms with Crippen molar-refractivity contribution in [3.8, 4) is 0 Å². The molecular formula is C15H24N2OSi. The second kappa shape index (κ2) is 5.90. The zero-order valence-corrected chi connectivity index (χ0v) is 13.3. The van der Waals surface area contributed by atoms with E-state index in [-0.39, 0.29) is 6.04 Å². The number of fused-ring (bicyclic) bond motifs is 1. The maximum Gasteiger partial charge on any atom is 0.211 e. The quantitative estimate of drug-likeness (QED) is 0.607. The highest BCUT2D eigenvalue weighted by Crippen LogP contribution is 2.27. The van der Waals surface area contributed by atoms with Crippen molar-refractivity contribution in [1.82, 2.24) is 10.5 Å². The molecule has 0 spiro atoms. The Labute approximate surface area is 116 Å². The van der Waals surface area contributed by atoms with Gasteiger partial charge in [0.1, 0.15) is 0 Å². The molecule has 0 aliphatic carbocycles. The molecule has 2 N–H and O–H groups in total. The summed E-state index contributed by atoms with van der Waals surface area (Å²) >= 11 is 0. The summed E-state index contributed by atoms with van der Waals surface area (Å²) < 4.78 is 5.89. The number of aromatic amines is 1. The van der Waals surface area contributed by atoms with E-state index in [0.29, 0.717) is 0 Å². The van der Waals surface area contributed by atoms with Crippen molar-refractivity contribution in [2.75, 3.05) is 0 Å². The van der Waals surface area contributed by atoms with Gasteiger partial charge in [-0.15, -0.1) is 0 Å². The molecule has 0 radical (unpaired) electrons. The fraction of sp³-hybridized carbons (Fsp3) is 0.467. The summed E-state index contributed by atoms with van der Waals surface area (Å²) in [6, 6.07) is 8.68. The number of hydroxylamine groups is 1. The zero-order chi connectivity index (χ0) is 13.9. The topological polar surface area (TPSA) is 37.0 Å². The number of hydrogen-bond donors (Lipinski definition) is 2. The fourth-order valence-corrected chi connectivity index (χ4v) is 2.69. The summed E-state index contributed by atoms with van der Waals surface area (Å²) in [5, 5.41) is 1.28. The minimum atomic E-state index is -1.55. The predicted molar refractivity (Wildman–Crippen MR) is 83.5 cm³/mol. The molecule has 4 heteroatoms. The van der Waals surface area contributed by atoms with Crippen LogP contribution in [0.5, 0.6) is 0 Å². The third kappa shape index (κ3) is 3.69. The number of aromatic nitrogens is 1. The largest absolute Gasteiger partial charge is 0.361 e. The molecule has 0 fully saturated rings. The van der Waals surface area contributed by atoms with Gasteiger partial charge >= 0.3 is 0 Å². The van der Waals surface area contributed by atoms with Gasteiger partial charge in [-0.25, -0.2) is 5.48 Å². The summed E-state index contributed by atoms with van der Waals surface area (Å²) in [5.41, 5.74) is 5.79. The number of hydrogen-bond acceptors (Lipinski definition) is 2. The smallest absolute Gasteiger partial charge is 0.211 e.